The SMILES string of the molecule is CC(C)CCCCCCNC1=NCC(CC(C)C)S1. The maximum atomic E-state index is 4.60. The molecule has 1 rings (SSSR count). The molecule has 112 valence electrons. The normalized spacial score (nSPS) is 19.3. The first-order chi connectivity index (χ1) is 9.08. The molecule has 19 heavy (non-hydrogen) atoms. The lowest BCUT2D eigenvalue weighted by molar-refractivity contribution is 0.519. The Morgan fingerprint density at radius 3 is 2.53 bits per heavy atom. The summed E-state index contributed by atoms with van der Waals surface area (Å²) in [5.41, 5.74) is 0. The van der Waals surface area contributed by atoms with Crippen molar-refractivity contribution in [2.24, 2.45) is 16.8 Å². The second-order valence-electron chi connectivity index (χ2n) is 6.54. The number of aliphatic imine (C=N–C) groups is 1. The van der Waals surface area contributed by atoms with Gasteiger partial charge in [-0.05, 0) is 24.7 Å². The fourth-order valence-electron chi connectivity index (χ4n) is 2.39. The van der Waals surface area contributed by atoms with Crippen LogP contribution in [-0.4, -0.2) is 23.5 Å². The topological polar surface area (TPSA) is 24.4 Å². The second kappa shape index (κ2) is 9.68. The van der Waals surface area contributed by atoms with E-state index in [2.05, 4.69) is 38.0 Å². The van der Waals surface area contributed by atoms with Gasteiger partial charge in [-0.3, -0.25) is 4.99 Å². The smallest absolute Gasteiger partial charge is 0.156 e. The Bertz CT molecular complexity index is 261. The van der Waals surface area contributed by atoms with Crippen LogP contribution < -0.4 is 5.32 Å². The van der Waals surface area contributed by atoms with Crippen LogP contribution in [-0.2, 0) is 0 Å². The molecule has 0 aliphatic carbocycles. The van der Waals surface area contributed by atoms with E-state index in [1.54, 1.807) is 0 Å². The standard InChI is InChI=1S/C16H32N2S/c1-13(2)9-7-5-6-8-10-17-16-18-12-15(19-16)11-14(3)4/h13-15H,5-12H2,1-4H3,(H,17,18). The first-order valence-electron chi connectivity index (χ1n) is 8.03. The molecule has 0 fully saturated rings. The number of unbranched alkanes of at least 4 members (excludes halogenated alkanes) is 3. The predicted molar refractivity (Wildman–Crippen MR) is 89.1 cm³/mol. The predicted octanol–water partition coefficient (Wildman–Crippen LogP) is 4.70. The highest BCUT2D eigenvalue weighted by atomic mass is 32.2. The maximum absolute atomic E-state index is 4.60. The molecule has 1 heterocycles. The van der Waals surface area contributed by atoms with Crippen LogP contribution in [0, 0.1) is 11.8 Å². The molecule has 3 heteroatoms. The summed E-state index contributed by atoms with van der Waals surface area (Å²) in [6.45, 7) is 11.3. The van der Waals surface area contributed by atoms with Crippen molar-refractivity contribution in [1.29, 1.82) is 0 Å². The molecule has 0 bridgehead atoms. The number of thioether (sulfide) groups is 1. The van der Waals surface area contributed by atoms with Gasteiger partial charge < -0.3 is 5.32 Å². The van der Waals surface area contributed by atoms with Gasteiger partial charge in [-0.25, -0.2) is 0 Å². The Morgan fingerprint density at radius 1 is 1.11 bits per heavy atom. The van der Waals surface area contributed by atoms with Gasteiger partial charge in [-0.2, -0.15) is 0 Å². The van der Waals surface area contributed by atoms with Crippen LogP contribution in [0.3, 0.4) is 0 Å². The third kappa shape index (κ3) is 8.56. The molecule has 0 aromatic carbocycles. The Hall–Kier alpha value is -0.180. The van der Waals surface area contributed by atoms with Crippen LogP contribution in [0.15, 0.2) is 4.99 Å². The maximum Gasteiger partial charge on any atom is 0.156 e. The molecule has 1 aliphatic heterocycles. The van der Waals surface area contributed by atoms with Gasteiger partial charge >= 0.3 is 0 Å². The van der Waals surface area contributed by atoms with Crippen molar-refractivity contribution >= 4 is 16.9 Å². The Kier molecular flexibility index (Phi) is 8.60. The van der Waals surface area contributed by atoms with Crippen LogP contribution >= 0.6 is 11.8 Å². The van der Waals surface area contributed by atoms with Crippen LogP contribution in [0.5, 0.6) is 0 Å². The van der Waals surface area contributed by atoms with Crippen molar-refractivity contribution < 1.29 is 0 Å². The molecule has 1 atom stereocenters. The van der Waals surface area contributed by atoms with Crippen LogP contribution in [0.1, 0.15) is 66.2 Å². The van der Waals surface area contributed by atoms with Crippen molar-refractivity contribution in [3.8, 4) is 0 Å². The van der Waals surface area contributed by atoms with E-state index >= 15 is 0 Å². The molecule has 0 saturated carbocycles. The molecule has 1 N–H and O–H groups in total. The average Bonchev–Trinajstić information content (AvgIpc) is 2.74. The van der Waals surface area contributed by atoms with Gasteiger partial charge in [0.1, 0.15) is 0 Å². The Labute approximate surface area is 124 Å². The van der Waals surface area contributed by atoms with E-state index in [4.69, 9.17) is 0 Å². The highest BCUT2D eigenvalue weighted by Crippen LogP contribution is 2.25. The highest BCUT2D eigenvalue weighted by Gasteiger charge is 2.19. The molecule has 0 saturated heterocycles. The van der Waals surface area contributed by atoms with Gasteiger partial charge in [-0.15, -0.1) is 0 Å². The molecule has 0 radical (unpaired) electrons. The van der Waals surface area contributed by atoms with Crippen molar-refractivity contribution in [1.82, 2.24) is 5.32 Å². The Morgan fingerprint density at radius 2 is 1.84 bits per heavy atom. The summed E-state index contributed by atoms with van der Waals surface area (Å²) in [5, 5.41) is 5.40. The summed E-state index contributed by atoms with van der Waals surface area (Å²) >= 11 is 1.95. The van der Waals surface area contributed by atoms with Crippen LogP contribution in [0.2, 0.25) is 0 Å². The number of hydrogen-bond donors (Lipinski definition) is 1. The molecule has 0 spiro atoms. The number of nitrogens with one attached hydrogen (secondary N) is 1. The van der Waals surface area contributed by atoms with Gasteiger partial charge in [0.2, 0.25) is 0 Å². The molecule has 1 aliphatic rings. The number of amidine groups is 1. The number of hydrogen-bond acceptors (Lipinski definition) is 3. The lowest BCUT2D eigenvalue weighted by Gasteiger charge is -2.11. The van der Waals surface area contributed by atoms with Crippen molar-refractivity contribution in [2.75, 3.05) is 13.1 Å². The lowest BCUT2D eigenvalue weighted by atomic mass is 10.0. The van der Waals surface area contributed by atoms with Crippen molar-refractivity contribution in [3.63, 3.8) is 0 Å². The van der Waals surface area contributed by atoms with Gasteiger partial charge in [0, 0.05) is 11.8 Å². The zero-order chi connectivity index (χ0) is 14.1. The summed E-state index contributed by atoms with van der Waals surface area (Å²) in [4.78, 5) is 4.60. The summed E-state index contributed by atoms with van der Waals surface area (Å²) in [6, 6.07) is 0. The monoisotopic (exact) mass is 284 g/mol. The van der Waals surface area contributed by atoms with E-state index in [-0.39, 0.29) is 0 Å². The van der Waals surface area contributed by atoms with Gasteiger partial charge in [0.25, 0.3) is 0 Å². The zero-order valence-electron chi connectivity index (χ0n) is 13.2. The van der Waals surface area contributed by atoms with Crippen molar-refractivity contribution in [3.05, 3.63) is 0 Å². The first-order valence-corrected chi connectivity index (χ1v) is 8.91. The molecule has 1 unspecified atom stereocenters. The quantitative estimate of drug-likeness (QED) is 0.621. The summed E-state index contributed by atoms with van der Waals surface area (Å²) in [5.74, 6) is 1.65. The number of nitrogens with zero attached hydrogens (tertiary/aromatic N) is 1. The first kappa shape index (κ1) is 16.9. The van der Waals surface area contributed by atoms with E-state index in [0.29, 0.717) is 5.25 Å². The van der Waals surface area contributed by atoms with E-state index in [1.807, 2.05) is 11.8 Å². The number of rotatable bonds is 9. The lowest BCUT2D eigenvalue weighted by Crippen LogP contribution is -2.20. The van der Waals surface area contributed by atoms with Crippen LogP contribution in [0.4, 0.5) is 0 Å². The minimum atomic E-state index is 0.716. The molecular weight excluding hydrogens is 252 g/mol. The van der Waals surface area contributed by atoms with E-state index in [0.717, 1.165) is 24.9 Å². The van der Waals surface area contributed by atoms with E-state index in [1.165, 1.54) is 43.7 Å². The van der Waals surface area contributed by atoms with E-state index < -0.39 is 0 Å². The highest BCUT2D eigenvalue weighted by molar-refractivity contribution is 8.14. The average molecular weight is 285 g/mol. The minimum Gasteiger partial charge on any atom is -0.365 e. The minimum absolute atomic E-state index is 0.716. The molecule has 0 aromatic heterocycles. The summed E-state index contributed by atoms with van der Waals surface area (Å²) in [7, 11) is 0. The summed E-state index contributed by atoms with van der Waals surface area (Å²) < 4.78 is 0. The van der Waals surface area contributed by atoms with Crippen molar-refractivity contribution in [2.45, 2.75) is 71.5 Å². The third-order valence-corrected chi connectivity index (χ3v) is 4.61. The third-order valence-electron chi connectivity index (χ3n) is 3.44. The molecule has 0 amide bonds. The fourth-order valence-corrected chi connectivity index (χ4v) is 3.67. The van der Waals surface area contributed by atoms with Crippen LogP contribution in [0.25, 0.3) is 0 Å². The molecule has 0 aromatic rings. The van der Waals surface area contributed by atoms with E-state index in [9.17, 15) is 0 Å². The Balaban J connectivity index is 1.93. The molecular formula is C16H32N2S. The zero-order valence-corrected chi connectivity index (χ0v) is 14.1. The van der Waals surface area contributed by atoms with Gasteiger partial charge in [0.05, 0.1) is 6.54 Å². The fraction of sp³-hybridized carbons (Fsp3) is 0.938. The largest absolute Gasteiger partial charge is 0.365 e. The van der Waals surface area contributed by atoms with Gasteiger partial charge in [0.15, 0.2) is 5.17 Å². The molecule has 2 nitrogen and oxygen atoms in total. The second-order valence-corrected chi connectivity index (χ2v) is 7.83. The van der Waals surface area contributed by atoms with Gasteiger partial charge in [-0.1, -0.05) is 65.1 Å². The summed E-state index contributed by atoms with van der Waals surface area (Å²) in [6.07, 6.45) is 8.08.